The maximum absolute atomic E-state index is 12.6. The van der Waals surface area contributed by atoms with Crippen molar-refractivity contribution in [3.05, 3.63) is 70.1 Å². The highest BCUT2D eigenvalue weighted by Crippen LogP contribution is 2.32. The largest absolute Gasteiger partial charge is 0.416 e. The van der Waals surface area contributed by atoms with E-state index in [9.17, 15) is 18.0 Å². The third kappa shape index (κ3) is 4.07. The Balaban J connectivity index is 1.79. The molecular weight excluding hydrogens is 377 g/mol. The lowest BCUT2D eigenvalue weighted by Gasteiger charge is -2.07. The number of nitrogens with two attached hydrogens (primary N) is 1. The number of benzene rings is 2. The Labute approximate surface area is 155 Å². The van der Waals surface area contributed by atoms with Gasteiger partial charge in [0, 0.05) is 11.3 Å². The number of rotatable bonds is 4. The molecule has 0 saturated carbocycles. The Morgan fingerprint density at radius 1 is 1.11 bits per heavy atom. The van der Waals surface area contributed by atoms with Gasteiger partial charge in [0.1, 0.15) is 10.7 Å². The van der Waals surface area contributed by atoms with Gasteiger partial charge < -0.3 is 11.1 Å². The topological polar surface area (TPSA) is 91.8 Å². The molecule has 0 bridgehead atoms. The predicted octanol–water partition coefficient (Wildman–Crippen LogP) is 4.59. The highest BCUT2D eigenvalue weighted by Gasteiger charge is 2.30. The fourth-order valence-corrected chi connectivity index (χ4v) is 3.11. The van der Waals surface area contributed by atoms with Crippen molar-refractivity contribution < 1.29 is 18.0 Å². The summed E-state index contributed by atoms with van der Waals surface area (Å²) in [7, 11) is 0. The smallest absolute Gasteiger partial charge is 0.382 e. The summed E-state index contributed by atoms with van der Waals surface area (Å²) in [6.07, 6.45) is -4.41. The van der Waals surface area contributed by atoms with E-state index in [0.29, 0.717) is 16.8 Å². The van der Waals surface area contributed by atoms with E-state index in [1.165, 1.54) is 36.4 Å². The molecule has 1 heterocycles. The van der Waals surface area contributed by atoms with Crippen LogP contribution >= 0.6 is 11.3 Å². The number of halogens is 3. The first-order valence-electron chi connectivity index (χ1n) is 7.53. The lowest BCUT2D eigenvalue weighted by atomic mass is 10.1. The predicted molar refractivity (Wildman–Crippen MR) is 95.8 cm³/mol. The zero-order valence-corrected chi connectivity index (χ0v) is 14.4. The van der Waals surface area contributed by atoms with Gasteiger partial charge in [0.05, 0.1) is 17.2 Å². The van der Waals surface area contributed by atoms with Crippen LogP contribution in [0.3, 0.4) is 0 Å². The summed E-state index contributed by atoms with van der Waals surface area (Å²) in [6, 6.07) is 12.5. The second kappa shape index (κ2) is 7.09. The number of hydrogen-bond donors (Lipinski definition) is 2. The minimum atomic E-state index is -4.41. The van der Waals surface area contributed by atoms with Crippen molar-refractivity contribution in [2.24, 2.45) is 0 Å². The van der Waals surface area contributed by atoms with Crippen LogP contribution < -0.4 is 11.1 Å². The maximum Gasteiger partial charge on any atom is 0.416 e. The van der Waals surface area contributed by atoms with Crippen LogP contribution in [0.5, 0.6) is 0 Å². The Bertz CT molecular complexity index is 1020. The van der Waals surface area contributed by atoms with Crippen molar-refractivity contribution in [1.29, 1.82) is 5.26 Å². The van der Waals surface area contributed by atoms with Crippen LogP contribution in [-0.2, 0) is 6.18 Å². The van der Waals surface area contributed by atoms with Gasteiger partial charge in [-0.2, -0.15) is 18.4 Å². The van der Waals surface area contributed by atoms with E-state index in [2.05, 4.69) is 10.3 Å². The Hall–Kier alpha value is -3.38. The van der Waals surface area contributed by atoms with Gasteiger partial charge in [-0.15, -0.1) is 0 Å². The Morgan fingerprint density at radius 2 is 1.74 bits per heavy atom. The van der Waals surface area contributed by atoms with E-state index in [4.69, 9.17) is 11.0 Å². The summed E-state index contributed by atoms with van der Waals surface area (Å²) >= 11 is 0.993. The fraction of sp³-hybridized carbons (Fsp3) is 0.0556. The fourth-order valence-electron chi connectivity index (χ4n) is 2.24. The number of carbonyl (C=O) groups excluding carboxylic acids is 1. The minimum absolute atomic E-state index is 0.0174. The molecule has 2 aromatic carbocycles. The normalized spacial score (nSPS) is 11.0. The lowest BCUT2D eigenvalue weighted by Crippen LogP contribution is -2.04. The zero-order valence-electron chi connectivity index (χ0n) is 13.5. The third-order valence-electron chi connectivity index (χ3n) is 3.60. The maximum atomic E-state index is 12.6. The van der Waals surface area contributed by atoms with Crippen molar-refractivity contribution in [3.63, 3.8) is 0 Å². The van der Waals surface area contributed by atoms with E-state index in [-0.39, 0.29) is 21.6 Å². The molecule has 0 aliphatic heterocycles. The van der Waals surface area contributed by atoms with Crippen LogP contribution in [0.15, 0.2) is 48.5 Å². The van der Waals surface area contributed by atoms with Crippen molar-refractivity contribution in [2.75, 3.05) is 11.1 Å². The molecule has 136 valence electrons. The molecule has 3 rings (SSSR count). The molecule has 0 saturated heterocycles. The SMILES string of the molecule is N#Cc1ccc(C(=O)c2sc(Nc3ccc(C(F)(F)F)cc3)nc2N)cc1. The number of hydrogen-bond acceptors (Lipinski definition) is 6. The number of alkyl halides is 3. The van der Waals surface area contributed by atoms with Crippen LogP contribution in [0.1, 0.15) is 26.4 Å². The summed E-state index contributed by atoms with van der Waals surface area (Å²) < 4.78 is 37.8. The standard InChI is InChI=1S/C18H11F3N4OS/c19-18(20,21)12-5-7-13(8-6-12)24-17-25-16(23)15(27-17)14(26)11-3-1-10(9-22)2-4-11/h1-8H,23H2,(H,24,25). The summed E-state index contributed by atoms with van der Waals surface area (Å²) in [4.78, 5) is 16.8. The Morgan fingerprint density at radius 3 is 2.30 bits per heavy atom. The van der Waals surface area contributed by atoms with Gasteiger partial charge in [0.15, 0.2) is 5.13 Å². The molecule has 0 aliphatic rings. The van der Waals surface area contributed by atoms with Crippen LogP contribution in [0.2, 0.25) is 0 Å². The molecule has 3 aromatic rings. The number of carbonyl (C=O) groups is 1. The molecule has 9 heteroatoms. The summed E-state index contributed by atoms with van der Waals surface area (Å²) in [6.45, 7) is 0. The van der Waals surface area contributed by atoms with Gasteiger partial charge in [-0.3, -0.25) is 4.79 Å². The van der Waals surface area contributed by atoms with E-state index >= 15 is 0 Å². The number of anilines is 3. The molecule has 1 aromatic heterocycles. The first-order valence-corrected chi connectivity index (χ1v) is 8.35. The molecule has 0 radical (unpaired) electrons. The lowest BCUT2D eigenvalue weighted by molar-refractivity contribution is -0.137. The van der Waals surface area contributed by atoms with Crippen LogP contribution in [0, 0.1) is 11.3 Å². The third-order valence-corrected chi connectivity index (χ3v) is 4.58. The number of nitrogens with zero attached hydrogens (tertiary/aromatic N) is 2. The average Bonchev–Trinajstić information content (AvgIpc) is 3.01. The number of nitrogens with one attached hydrogen (secondary N) is 1. The van der Waals surface area contributed by atoms with E-state index in [1.807, 2.05) is 6.07 Å². The van der Waals surface area contributed by atoms with Crippen molar-refractivity contribution in [3.8, 4) is 6.07 Å². The molecule has 0 atom stereocenters. The van der Waals surface area contributed by atoms with Crippen LogP contribution in [-0.4, -0.2) is 10.8 Å². The van der Waals surface area contributed by atoms with Gasteiger partial charge in [-0.1, -0.05) is 11.3 Å². The molecular formula is C18H11F3N4OS. The van der Waals surface area contributed by atoms with E-state index < -0.39 is 11.7 Å². The molecule has 0 aliphatic carbocycles. The number of aromatic nitrogens is 1. The van der Waals surface area contributed by atoms with Crippen molar-refractivity contribution >= 4 is 33.8 Å². The molecule has 3 N–H and O–H groups in total. The number of ketones is 1. The summed E-state index contributed by atoms with van der Waals surface area (Å²) in [5.74, 6) is -0.335. The van der Waals surface area contributed by atoms with Gasteiger partial charge in [-0.25, -0.2) is 4.98 Å². The second-order valence-corrected chi connectivity index (χ2v) is 6.45. The summed E-state index contributed by atoms with van der Waals surface area (Å²) in [5, 5.41) is 11.9. The van der Waals surface area contributed by atoms with Crippen LogP contribution in [0.4, 0.5) is 29.8 Å². The van der Waals surface area contributed by atoms with Gasteiger partial charge in [0.2, 0.25) is 5.78 Å². The zero-order chi connectivity index (χ0) is 19.6. The highest BCUT2D eigenvalue weighted by atomic mass is 32.1. The van der Waals surface area contributed by atoms with E-state index in [0.717, 1.165) is 23.5 Å². The molecule has 0 spiro atoms. The minimum Gasteiger partial charge on any atom is -0.382 e. The first kappa shape index (κ1) is 18.4. The molecule has 0 fully saturated rings. The van der Waals surface area contributed by atoms with Crippen LogP contribution in [0.25, 0.3) is 0 Å². The number of nitriles is 1. The molecule has 0 amide bonds. The molecule has 27 heavy (non-hydrogen) atoms. The first-order chi connectivity index (χ1) is 12.8. The number of nitrogen functional groups attached to an aromatic ring is 1. The summed E-state index contributed by atoms with van der Waals surface area (Å²) in [5.41, 5.74) is 6.21. The van der Waals surface area contributed by atoms with Gasteiger partial charge >= 0.3 is 6.18 Å². The highest BCUT2D eigenvalue weighted by molar-refractivity contribution is 7.18. The quantitative estimate of drug-likeness (QED) is 0.638. The monoisotopic (exact) mass is 388 g/mol. The Kier molecular flexibility index (Phi) is 4.83. The van der Waals surface area contributed by atoms with Gasteiger partial charge in [0.25, 0.3) is 0 Å². The molecule has 5 nitrogen and oxygen atoms in total. The van der Waals surface area contributed by atoms with E-state index in [1.54, 1.807) is 0 Å². The van der Waals surface area contributed by atoms with Crippen molar-refractivity contribution in [2.45, 2.75) is 6.18 Å². The molecule has 0 unspecified atom stereocenters. The van der Waals surface area contributed by atoms with Crippen molar-refractivity contribution in [1.82, 2.24) is 4.98 Å². The second-order valence-electron chi connectivity index (χ2n) is 5.45. The average molecular weight is 388 g/mol. The van der Waals surface area contributed by atoms with Gasteiger partial charge in [-0.05, 0) is 48.5 Å². The number of thiazole rings is 1.